The van der Waals surface area contributed by atoms with Crippen LogP contribution in [0.4, 0.5) is 4.79 Å². The quantitative estimate of drug-likeness (QED) is 0.547. The summed E-state index contributed by atoms with van der Waals surface area (Å²) >= 11 is 0. The summed E-state index contributed by atoms with van der Waals surface area (Å²) < 4.78 is 5.19. The number of Topliss-reactive ketones (excluding diaryl/α,β-unsaturated/α-hetero) is 1. The van der Waals surface area contributed by atoms with Crippen molar-refractivity contribution in [3.63, 3.8) is 0 Å². The van der Waals surface area contributed by atoms with Crippen LogP contribution < -0.4 is 25.9 Å². The number of hydrogen-bond donors (Lipinski definition) is 3. The molecule has 3 N–H and O–H groups in total. The maximum absolute atomic E-state index is 13.2. The zero-order valence-corrected chi connectivity index (χ0v) is 19.3. The molecule has 0 radical (unpaired) electrons. The van der Waals surface area contributed by atoms with E-state index in [-0.39, 0.29) is 18.7 Å². The van der Waals surface area contributed by atoms with Crippen molar-refractivity contribution >= 4 is 31.0 Å². The molecule has 1 saturated heterocycles. The van der Waals surface area contributed by atoms with Crippen LogP contribution in [0.1, 0.15) is 17.2 Å². The summed E-state index contributed by atoms with van der Waals surface area (Å²) in [6.45, 7) is 7.02. The standard InChI is InChI=1S/C23H29N3O4Si/c1-30-17-9-7-16(8-10-17)21(26-22(28)19-14-24-23(29)25-19)20(27)13-15-5-11-18(12-6-15)31(2,3)4/h5-12,19,21H,13-14H2,1-4H3,(H,26,28)(H2,24,25,29). The Morgan fingerprint density at radius 2 is 1.74 bits per heavy atom. The monoisotopic (exact) mass is 439 g/mol. The Balaban J connectivity index is 1.79. The lowest BCUT2D eigenvalue weighted by molar-refractivity contribution is -0.128. The Labute approximate surface area is 183 Å². The lowest BCUT2D eigenvalue weighted by atomic mass is 9.97. The number of carbonyl (C=O) groups is 3. The Kier molecular flexibility index (Phi) is 6.80. The van der Waals surface area contributed by atoms with Gasteiger partial charge in [-0.05, 0) is 23.3 Å². The molecule has 3 amide bonds. The third kappa shape index (κ3) is 5.73. The highest BCUT2D eigenvalue weighted by Crippen LogP contribution is 2.20. The summed E-state index contributed by atoms with van der Waals surface area (Å²) in [5.41, 5.74) is 1.56. The lowest BCUT2D eigenvalue weighted by Crippen LogP contribution is -2.46. The van der Waals surface area contributed by atoms with E-state index in [2.05, 4.69) is 47.7 Å². The van der Waals surface area contributed by atoms with E-state index >= 15 is 0 Å². The predicted molar refractivity (Wildman–Crippen MR) is 122 cm³/mol. The number of benzene rings is 2. The van der Waals surface area contributed by atoms with Gasteiger partial charge in [-0.3, -0.25) is 9.59 Å². The molecule has 0 spiro atoms. The minimum absolute atomic E-state index is 0.128. The van der Waals surface area contributed by atoms with Gasteiger partial charge < -0.3 is 20.7 Å². The van der Waals surface area contributed by atoms with E-state index in [4.69, 9.17) is 4.74 Å². The molecular weight excluding hydrogens is 410 g/mol. The zero-order valence-electron chi connectivity index (χ0n) is 18.3. The molecular formula is C23H29N3O4Si. The molecule has 164 valence electrons. The number of amides is 3. The first-order valence-corrected chi connectivity index (χ1v) is 13.8. The minimum atomic E-state index is -1.42. The number of methoxy groups -OCH3 is 1. The van der Waals surface area contributed by atoms with Crippen LogP contribution >= 0.6 is 0 Å². The second-order valence-corrected chi connectivity index (χ2v) is 13.8. The van der Waals surface area contributed by atoms with Crippen molar-refractivity contribution in [3.8, 4) is 5.75 Å². The van der Waals surface area contributed by atoms with Gasteiger partial charge in [-0.25, -0.2) is 4.79 Å². The Bertz CT molecular complexity index is 952. The van der Waals surface area contributed by atoms with Crippen molar-refractivity contribution < 1.29 is 19.1 Å². The molecule has 2 atom stereocenters. The molecule has 0 aromatic heterocycles. The van der Waals surface area contributed by atoms with Crippen LogP contribution in [0, 0.1) is 0 Å². The van der Waals surface area contributed by atoms with Gasteiger partial charge in [-0.1, -0.05) is 61.2 Å². The Morgan fingerprint density at radius 3 is 2.26 bits per heavy atom. The van der Waals surface area contributed by atoms with Crippen LogP contribution in [0.2, 0.25) is 19.6 Å². The highest BCUT2D eigenvalue weighted by molar-refractivity contribution is 6.88. The smallest absolute Gasteiger partial charge is 0.315 e. The van der Waals surface area contributed by atoms with Crippen molar-refractivity contribution in [3.05, 3.63) is 59.7 Å². The normalized spacial score (nSPS) is 16.8. The summed E-state index contributed by atoms with van der Waals surface area (Å²) in [5.74, 6) is 0.133. The number of ketones is 1. The van der Waals surface area contributed by atoms with E-state index in [1.54, 1.807) is 31.4 Å². The zero-order chi connectivity index (χ0) is 22.6. The van der Waals surface area contributed by atoms with E-state index < -0.39 is 32.1 Å². The largest absolute Gasteiger partial charge is 0.497 e. The fourth-order valence-electron chi connectivity index (χ4n) is 3.43. The third-order valence-corrected chi connectivity index (χ3v) is 7.41. The van der Waals surface area contributed by atoms with Crippen molar-refractivity contribution in [2.45, 2.75) is 38.1 Å². The lowest BCUT2D eigenvalue weighted by Gasteiger charge is -2.21. The van der Waals surface area contributed by atoms with Gasteiger partial charge in [0.2, 0.25) is 5.91 Å². The molecule has 0 bridgehead atoms. The molecule has 2 aromatic rings. The van der Waals surface area contributed by atoms with Gasteiger partial charge in [0.05, 0.1) is 15.2 Å². The Morgan fingerprint density at radius 1 is 1.10 bits per heavy atom. The van der Waals surface area contributed by atoms with Gasteiger partial charge in [-0.2, -0.15) is 0 Å². The van der Waals surface area contributed by atoms with Crippen LogP contribution in [-0.4, -0.2) is 45.5 Å². The van der Waals surface area contributed by atoms with E-state index in [9.17, 15) is 14.4 Å². The summed E-state index contributed by atoms with van der Waals surface area (Å²) in [6, 6.07) is 13.3. The molecule has 8 heteroatoms. The maximum atomic E-state index is 13.2. The van der Waals surface area contributed by atoms with Gasteiger partial charge in [0.25, 0.3) is 0 Å². The van der Waals surface area contributed by atoms with Crippen LogP contribution in [0.5, 0.6) is 5.75 Å². The fraction of sp³-hybridized carbons (Fsp3) is 0.348. The second kappa shape index (κ2) is 9.34. The average molecular weight is 440 g/mol. The fourth-order valence-corrected chi connectivity index (χ4v) is 4.59. The molecule has 7 nitrogen and oxygen atoms in total. The molecule has 0 saturated carbocycles. The number of ether oxygens (including phenoxy) is 1. The van der Waals surface area contributed by atoms with E-state index in [1.165, 1.54) is 5.19 Å². The molecule has 0 aliphatic carbocycles. The van der Waals surface area contributed by atoms with Gasteiger partial charge in [0.15, 0.2) is 5.78 Å². The highest BCUT2D eigenvalue weighted by Gasteiger charge is 2.31. The van der Waals surface area contributed by atoms with E-state index in [0.717, 1.165) is 5.56 Å². The Hall–Kier alpha value is -3.13. The molecule has 1 aliphatic rings. The SMILES string of the molecule is COc1ccc(C(NC(=O)C2CNC(=O)N2)C(=O)Cc2ccc([Si](C)(C)C)cc2)cc1. The molecule has 31 heavy (non-hydrogen) atoms. The second-order valence-electron chi connectivity index (χ2n) is 8.71. The van der Waals surface area contributed by atoms with Crippen LogP contribution in [0.15, 0.2) is 48.5 Å². The van der Waals surface area contributed by atoms with Crippen LogP contribution in [0.25, 0.3) is 0 Å². The topological polar surface area (TPSA) is 96.5 Å². The van der Waals surface area contributed by atoms with Gasteiger partial charge in [0, 0.05) is 13.0 Å². The first-order chi connectivity index (χ1) is 14.7. The van der Waals surface area contributed by atoms with Crippen LogP contribution in [0.3, 0.4) is 0 Å². The predicted octanol–water partition coefficient (Wildman–Crippen LogP) is 1.89. The van der Waals surface area contributed by atoms with E-state index in [0.29, 0.717) is 11.3 Å². The minimum Gasteiger partial charge on any atom is -0.497 e. The van der Waals surface area contributed by atoms with Gasteiger partial charge in [-0.15, -0.1) is 0 Å². The number of nitrogens with one attached hydrogen (secondary N) is 3. The van der Waals surface area contributed by atoms with Crippen molar-refractivity contribution in [2.75, 3.05) is 13.7 Å². The van der Waals surface area contributed by atoms with Gasteiger partial charge in [0.1, 0.15) is 17.8 Å². The summed E-state index contributed by atoms with van der Waals surface area (Å²) in [6.07, 6.45) is 0.193. The molecule has 2 unspecified atom stereocenters. The van der Waals surface area contributed by atoms with Crippen molar-refractivity contribution in [2.24, 2.45) is 0 Å². The summed E-state index contributed by atoms with van der Waals surface area (Å²) in [4.78, 5) is 37.3. The highest BCUT2D eigenvalue weighted by atomic mass is 28.3. The first kappa shape index (κ1) is 22.5. The summed E-state index contributed by atoms with van der Waals surface area (Å²) in [7, 11) is 0.152. The van der Waals surface area contributed by atoms with Crippen molar-refractivity contribution in [1.29, 1.82) is 0 Å². The molecule has 3 rings (SSSR count). The molecule has 1 heterocycles. The first-order valence-electron chi connectivity index (χ1n) is 10.3. The summed E-state index contributed by atoms with van der Waals surface area (Å²) in [5, 5.41) is 9.24. The number of carbonyl (C=O) groups excluding carboxylic acids is 3. The van der Waals surface area contributed by atoms with Gasteiger partial charge >= 0.3 is 6.03 Å². The molecule has 1 aliphatic heterocycles. The average Bonchev–Trinajstić information content (AvgIpc) is 3.18. The van der Waals surface area contributed by atoms with Crippen LogP contribution in [-0.2, 0) is 16.0 Å². The molecule has 2 aromatic carbocycles. The number of rotatable bonds is 8. The maximum Gasteiger partial charge on any atom is 0.315 e. The van der Waals surface area contributed by atoms with E-state index in [1.807, 2.05) is 12.1 Å². The number of urea groups is 1. The van der Waals surface area contributed by atoms with Crippen molar-refractivity contribution in [1.82, 2.24) is 16.0 Å². The third-order valence-electron chi connectivity index (χ3n) is 5.34. The molecule has 1 fully saturated rings. The number of hydrogen-bond acceptors (Lipinski definition) is 4.